The smallest absolute Gasteiger partial charge is 0.282 e. The molecule has 0 spiro atoms. The van der Waals surface area contributed by atoms with Crippen molar-refractivity contribution in [3.05, 3.63) is 101 Å². The second-order valence-corrected chi connectivity index (χ2v) is 7.78. The molecule has 0 bridgehead atoms. The number of fused-ring (bicyclic) bond motifs is 1. The lowest BCUT2D eigenvalue weighted by Gasteiger charge is -2.32. The molecule has 0 radical (unpaired) electrons. The van der Waals surface area contributed by atoms with Gasteiger partial charge in [0, 0.05) is 12.2 Å². The van der Waals surface area contributed by atoms with Crippen LogP contribution in [-0.4, -0.2) is 18.4 Å². The van der Waals surface area contributed by atoms with Crippen molar-refractivity contribution in [1.82, 2.24) is 0 Å². The first-order valence-corrected chi connectivity index (χ1v) is 10.3. The summed E-state index contributed by atoms with van der Waals surface area (Å²) < 4.78 is 0. The maximum absolute atomic E-state index is 13.7. The lowest BCUT2D eigenvalue weighted by molar-refractivity contribution is -0.120. The molecule has 0 fully saturated rings. The van der Waals surface area contributed by atoms with E-state index in [1.165, 1.54) is 10.5 Å². The van der Waals surface area contributed by atoms with E-state index in [2.05, 4.69) is 6.07 Å². The minimum Gasteiger partial charge on any atom is -0.336 e. The maximum atomic E-state index is 13.7. The molecular formula is C25H19ClN2O2. The number of carbonyl (C=O) groups is 2. The van der Waals surface area contributed by atoms with Crippen LogP contribution in [0.2, 0.25) is 5.02 Å². The number of carbonyl (C=O) groups excluding carboxylic acids is 2. The highest BCUT2D eigenvalue weighted by Gasteiger charge is 2.44. The van der Waals surface area contributed by atoms with E-state index in [1.807, 2.05) is 53.4 Å². The van der Waals surface area contributed by atoms with Gasteiger partial charge in [0.05, 0.1) is 16.3 Å². The number of hydrogen-bond donors (Lipinski definition) is 0. The molecule has 0 unspecified atom stereocenters. The van der Waals surface area contributed by atoms with Gasteiger partial charge in [-0.3, -0.25) is 9.59 Å². The zero-order valence-electron chi connectivity index (χ0n) is 16.2. The van der Waals surface area contributed by atoms with Crippen LogP contribution in [0.5, 0.6) is 0 Å². The first-order chi connectivity index (χ1) is 14.7. The van der Waals surface area contributed by atoms with Gasteiger partial charge in [-0.25, -0.2) is 4.90 Å². The van der Waals surface area contributed by atoms with Crippen LogP contribution in [-0.2, 0) is 16.0 Å². The molecule has 0 aromatic heterocycles. The molecule has 0 aliphatic carbocycles. The predicted octanol–water partition coefficient (Wildman–Crippen LogP) is 5.08. The van der Waals surface area contributed by atoms with Gasteiger partial charge in [0.1, 0.15) is 5.70 Å². The number of nitrogens with zero attached hydrogens (tertiary/aromatic N) is 2. The van der Waals surface area contributed by atoms with Crippen molar-refractivity contribution in [3.8, 4) is 0 Å². The van der Waals surface area contributed by atoms with Gasteiger partial charge in [-0.05, 0) is 42.2 Å². The average Bonchev–Trinajstić information content (AvgIpc) is 3.04. The summed E-state index contributed by atoms with van der Waals surface area (Å²) in [4.78, 5) is 30.5. The van der Waals surface area contributed by atoms with Crippen molar-refractivity contribution in [3.63, 3.8) is 0 Å². The van der Waals surface area contributed by atoms with Crippen LogP contribution in [0.25, 0.3) is 5.57 Å². The monoisotopic (exact) mass is 414 g/mol. The average molecular weight is 415 g/mol. The third kappa shape index (κ3) is 2.92. The van der Waals surface area contributed by atoms with Crippen molar-refractivity contribution < 1.29 is 9.59 Å². The van der Waals surface area contributed by atoms with E-state index in [4.69, 9.17) is 11.6 Å². The summed E-state index contributed by atoms with van der Waals surface area (Å²) in [6, 6.07) is 24.4. The lowest BCUT2D eigenvalue weighted by atomic mass is 9.98. The summed E-state index contributed by atoms with van der Waals surface area (Å²) in [6.07, 6.45) is 1.87. The van der Waals surface area contributed by atoms with E-state index in [-0.39, 0.29) is 11.8 Å². The Morgan fingerprint density at radius 1 is 0.733 bits per heavy atom. The number of aryl methyl sites for hydroxylation is 1. The van der Waals surface area contributed by atoms with Crippen LogP contribution in [0, 0.1) is 0 Å². The van der Waals surface area contributed by atoms with Crippen molar-refractivity contribution in [2.75, 3.05) is 16.3 Å². The first kappa shape index (κ1) is 18.6. The Labute approximate surface area is 180 Å². The Bertz CT molecular complexity index is 1190. The number of imide groups is 1. The number of benzene rings is 3. The van der Waals surface area contributed by atoms with E-state index < -0.39 is 0 Å². The number of anilines is 2. The van der Waals surface area contributed by atoms with Gasteiger partial charge in [0.25, 0.3) is 11.8 Å². The third-order valence-corrected chi connectivity index (χ3v) is 5.92. The summed E-state index contributed by atoms with van der Waals surface area (Å²) in [5.41, 5.74) is 4.12. The Kier molecular flexibility index (Phi) is 4.64. The molecule has 5 heteroatoms. The number of amides is 2. The normalized spacial score (nSPS) is 16.3. The van der Waals surface area contributed by atoms with Crippen LogP contribution in [0.3, 0.4) is 0 Å². The standard InChI is InChI=1S/C25H19ClN2O2/c26-19-13-5-7-15-21(19)28-24(29)22(18-10-2-1-3-11-18)23(25(28)30)27-16-8-12-17-9-4-6-14-20(17)27/h1-7,9-11,13-15H,8,12,16H2. The lowest BCUT2D eigenvalue weighted by Crippen LogP contribution is -2.37. The minimum atomic E-state index is -0.350. The maximum Gasteiger partial charge on any atom is 0.282 e. The Morgan fingerprint density at radius 3 is 2.17 bits per heavy atom. The highest BCUT2D eigenvalue weighted by atomic mass is 35.5. The van der Waals surface area contributed by atoms with Gasteiger partial charge >= 0.3 is 0 Å². The molecule has 3 aromatic carbocycles. The highest BCUT2D eigenvalue weighted by Crippen LogP contribution is 2.40. The fourth-order valence-corrected chi connectivity index (χ4v) is 4.47. The molecule has 2 aliphatic rings. The van der Waals surface area contributed by atoms with Gasteiger partial charge in [-0.2, -0.15) is 0 Å². The van der Waals surface area contributed by atoms with Crippen molar-refractivity contribution >= 4 is 40.4 Å². The molecule has 3 aromatic rings. The fraction of sp³-hybridized carbons (Fsp3) is 0.120. The largest absolute Gasteiger partial charge is 0.336 e. The molecule has 2 amide bonds. The number of para-hydroxylation sites is 2. The summed E-state index contributed by atoms with van der Waals surface area (Å²) in [6.45, 7) is 0.679. The van der Waals surface area contributed by atoms with Crippen LogP contribution in [0.1, 0.15) is 17.5 Å². The van der Waals surface area contributed by atoms with Crippen molar-refractivity contribution in [2.45, 2.75) is 12.8 Å². The van der Waals surface area contributed by atoms with E-state index in [1.54, 1.807) is 24.3 Å². The number of halogens is 1. The topological polar surface area (TPSA) is 40.6 Å². The third-order valence-electron chi connectivity index (χ3n) is 5.60. The van der Waals surface area contributed by atoms with Crippen molar-refractivity contribution in [1.29, 1.82) is 0 Å². The molecule has 0 saturated carbocycles. The summed E-state index contributed by atoms with van der Waals surface area (Å²) in [5, 5.41) is 0.368. The SMILES string of the molecule is O=C1C(c2ccccc2)=C(N2CCCc3ccccc32)C(=O)N1c1ccccc1Cl. The van der Waals surface area contributed by atoms with E-state index in [0.29, 0.717) is 28.5 Å². The van der Waals surface area contributed by atoms with E-state index in [0.717, 1.165) is 24.1 Å². The van der Waals surface area contributed by atoms with Crippen LogP contribution >= 0.6 is 11.6 Å². The molecule has 148 valence electrons. The zero-order valence-corrected chi connectivity index (χ0v) is 17.0. The van der Waals surface area contributed by atoms with Gasteiger partial charge in [-0.1, -0.05) is 72.3 Å². The molecule has 4 nitrogen and oxygen atoms in total. The predicted molar refractivity (Wildman–Crippen MR) is 119 cm³/mol. The molecular weight excluding hydrogens is 396 g/mol. The quantitative estimate of drug-likeness (QED) is 0.561. The molecule has 0 saturated heterocycles. The minimum absolute atomic E-state index is 0.344. The van der Waals surface area contributed by atoms with Crippen molar-refractivity contribution in [2.24, 2.45) is 0 Å². The first-order valence-electron chi connectivity index (χ1n) is 9.95. The van der Waals surface area contributed by atoms with Crippen LogP contribution in [0.4, 0.5) is 11.4 Å². The van der Waals surface area contributed by atoms with E-state index >= 15 is 0 Å². The number of hydrogen-bond acceptors (Lipinski definition) is 3. The molecule has 30 heavy (non-hydrogen) atoms. The number of rotatable bonds is 3. The summed E-state index contributed by atoms with van der Waals surface area (Å²) in [5.74, 6) is -0.694. The second kappa shape index (κ2) is 7.47. The Morgan fingerprint density at radius 2 is 1.40 bits per heavy atom. The van der Waals surface area contributed by atoms with Crippen LogP contribution in [0.15, 0.2) is 84.6 Å². The Hall–Kier alpha value is -3.37. The molecule has 2 heterocycles. The van der Waals surface area contributed by atoms with Crippen LogP contribution < -0.4 is 9.80 Å². The van der Waals surface area contributed by atoms with Gasteiger partial charge < -0.3 is 4.90 Å². The van der Waals surface area contributed by atoms with Gasteiger partial charge in [-0.15, -0.1) is 0 Å². The zero-order chi connectivity index (χ0) is 20.7. The van der Waals surface area contributed by atoms with E-state index in [9.17, 15) is 9.59 Å². The summed E-state index contributed by atoms with van der Waals surface area (Å²) >= 11 is 6.36. The summed E-state index contributed by atoms with van der Waals surface area (Å²) in [7, 11) is 0. The molecule has 0 N–H and O–H groups in total. The van der Waals surface area contributed by atoms with Gasteiger partial charge in [0.2, 0.25) is 0 Å². The second-order valence-electron chi connectivity index (χ2n) is 7.37. The molecule has 2 aliphatic heterocycles. The van der Waals surface area contributed by atoms with Gasteiger partial charge in [0.15, 0.2) is 0 Å². The molecule has 0 atom stereocenters. The highest BCUT2D eigenvalue weighted by molar-refractivity contribution is 6.48. The molecule has 5 rings (SSSR count). The fourth-order valence-electron chi connectivity index (χ4n) is 4.25. The Balaban J connectivity index is 1.71.